The highest BCUT2D eigenvalue weighted by Gasteiger charge is 2.62. The van der Waals surface area contributed by atoms with E-state index < -0.39 is 0 Å². The topological polar surface area (TPSA) is 85.4 Å². The van der Waals surface area contributed by atoms with Gasteiger partial charge < -0.3 is 15.4 Å². The van der Waals surface area contributed by atoms with Crippen LogP contribution >= 0.6 is 0 Å². The Morgan fingerprint density at radius 1 is 1.26 bits per heavy atom. The predicted octanol–water partition coefficient (Wildman–Crippen LogP) is 4.16. The van der Waals surface area contributed by atoms with Crippen LogP contribution in [-0.4, -0.2) is 46.6 Å². The van der Waals surface area contributed by atoms with Crippen LogP contribution in [0.15, 0.2) is 52.9 Å². The third-order valence-corrected chi connectivity index (χ3v) is 10.0. The summed E-state index contributed by atoms with van der Waals surface area (Å²) >= 11 is 0. The predicted molar refractivity (Wildman–Crippen MR) is 147 cm³/mol. The fraction of sp³-hybridized carbons (Fsp3) is 0.500. The van der Waals surface area contributed by atoms with Gasteiger partial charge in [-0.15, -0.1) is 0 Å². The van der Waals surface area contributed by atoms with Crippen molar-refractivity contribution in [2.75, 3.05) is 19.6 Å². The third kappa shape index (κ3) is 3.96. The zero-order valence-corrected chi connectivity index (χ0v) is 22.1. The molecule has 198 valence electrons. The number of benzene rings is 1. The van der Waals surface area contributed by atoms with E-state index in [1.807, 2.05) is 30.4 Å². The molecule has 0 spiro atoms. The van der Waals surface area contributed by atoms with Crippen LogP contribution in [0, 0.1) is 24.7 Å². The van der Waals surface area contributed by atoms with Crippen LogP contribution in [0.5, 0.6) is 5.75 Å². The van der Waals surface area contributed by atoms with Crippen LogP contribution < -0.4 is 10.9 Å². The summed E-state index contributed by atoms with van der Waals surface area (Å²) in [6, 6.07) is 8.17. The van der Waals surface area contributed by atoms with E-state index in [1.54, 1.807) is 6.07 Å². The Hall–Kier alpha value is -3.12. The average Bonchev–Trinajstić information content (AvgIpc) is 3.69. The molecule has 5 aliphatic rings. The van der Waals surface area contributed by atoms with Gasteiger partial charge in [0.05, 0.1) is 0 Å². The molecule has 2 heterocycles. The number of phenolic OH excluding ortho intramolecular Hbond substituents is 1. The average molecular weight is 512 g/mol. The minimum Gasteiger partial charge on any atom is -0.508 e. The fourth-order valence-electron chi connectivity index (χ4n) is 8.07. The van der Waals surface area contributed by atoms with Crippen LogP contribution in [-0.2, 0) is 18.3 Å². The summed E-state index contributed by atoms with van der Waals surface area (Å²) in [5.41, 5.74) is 5.47. The standard InChI is InChI=1S/C32H37N3O3/c1-19-7-10-24(36)13-26(19)32-14-23-18-35(17-21-8-9-21)29(23)27(32)12-22-11-25(31(38)34-28(22)15-32)30(37)33-16-20-5-3-2-4-6-20/h2-3,5,7,10-11,13,21,23,27,29,36H,4,6,8-9,12,14-18H2,1H3,(H,33,37)(H,34,38)/t23?,27-,29+,32+/m0/s1. The van der Waals surface area contributed by atoms with E-state index in [1.165, 1.54) is 36.1 Å². The smallest absolute Gasteiger partial charge is 0.261 e. The number of rotatable bonds is 6. The fourth-order valence-corrected chi connectivity index (χ4v) is 8.07. The molecule has 38 heavy (non-hydrogen) atoms. The molecule has 0 radical (unpaired) electrons. The van der Waals surface area contributed by atoms with Crippen LogP contribution in [0.1, 0.15) is 64.8 Å². The van der Waals surface area contributed by atoms with Crippen LogP contribution in [0.4, 0.5) is 0 Å². The van der Waals surface area contributed by atoms with Gasteiger partial charge in [-0.3, -0.25) is 14.5 Å². The van der Waals surface area contributed by atoms with E-state index in [0.717, 1.165) is 55.8 Å². The van der Waals surface area contributed by atoms with E-state index in [2.05, 4.69) is 28.2 Å². The summed E-state index contributed by atoms with van der Waals surface area (Å²) in [6.45, 7) is 4.97. The number of aromatic hydroxyl groups is 1. The van der Waals surface area contributed by atoms with E-state index in [4.69, 9.17) is 0 Å². The molecule has 6 heteroatoms. The van der Waals surface area contributed by atoms with Gasteiger partial charge in [0.1, 0.15) is 11.3 Å². The molecule has 3 fully saturated rings. The van der Waals surface area contributed by atoms with Crippen LogP contribution in [0.3, 0.4) is 0 Å². The van der Waals surface area contributed by atoms with Gasteiger partial charge in [0.15, 0.2) is 0 Å². The Morgan fingerprint density at radius 3 is 2.92 bits per heavy atom. The molecule has 2 saturated carbocycles. The lowest BCUT2D eigenvalue weighted by atomic mass is 9.62. The van der Waals surface area contributed by atoms with Gasteiger partial charge in [-0.25, -0.2) is 0 Å². The summed E-state index contributed by atoms with van der Waals surface area (Å²) in [5.74, 6) is 1.90. The number of allylic oxidation sites excluding steroid dienone is 3. The van der Waals surface area contributed by atoms with Crippen molar-refractivity contribution >= 4 is 5.91 Å². The Balaban J connectivity index is 1.23. The minimum absolute atomic E-state index is 0.114. The van der Waals surface area contributed by atoms with Crippen molar-refractivity contribution in [1.29, 1.82) is 0 Å². The normalized spacial score (nSPS) is 29.6. The minimum atomic E-state index is -0.309. The number of hydrogen-bond acceptors (Lipinski definition) is 4. The molecule has 1 amide bonds. The number of phenols is 1. The highest BCUT2D eigenvalue weighted by molar-refractivity contribution is 5.94. The Morgan fingerprint density at radius 2 is 2.13 bits per heavy atom. The van der Waals surface area contributed by atoms with Crippen molar-refractivity contribution in [2.45, 2.75) is 63.3 Å². The lowest BCUT2D eigenvalue weighted by Crippen LogP contribution is -2.58. The number of nitrogens with one attached hydrogen (secondary N) is 2. The summed E-state index contributed by atoms with van der Waals surface area (Å²) < 4.78 is 0. The number of H-pyrrole nitrogens is 1. The molecule has 0 bridgehead atoms. The number of fused-ring (bicyclic) bond motifs is 4. The summed E-state index contributed by atoms with van der Waals surface area (Å²) in [4.78, 5) is 32.1. The largest absolute Gasteiger partial charge is 0.508 e. The van der Waals surface area contributed by atoms with Crippen molar-refractivity contribution in [3.05, 3.63) is 86.4 Å². The first-order valence-corrected chi connectivity index (χ1v) is 14.3. The Kier molecular flexibility index (Phi) is 5.66. The third-order valence-electron chi connectivity index (χ3n) is 10.0. The lowest BCUT2D eigenvalue weighted by Gasteiger charge is -2.49. The second kappa shape index (κ2) is 8.98. The highest BCUT2D eigenvalue weighted by atomic mass is 16.3. The van der Waals surface area contributed by atoms with Crippen molar-refractivity contribution in [2.24, 2.45) is 17.8 Å². The Bertz CT molecular complexity index is 1420. The molecule has 6 nitrogen and oxygen atoms in total. The van der Waals surface area contributed by atoms with Crippen molar-refractivity contribution < 1.29 is 9.90 Å². The number of carbonyl (C=O) groups is 1. The van der Waals surface area contributed by atoms with Gasteiger partial charge >= 0.3 is 0 Å². The molecule has 1 aromatic carbocycles. The molecule has 1 saturated heterocycles. The van der Waals surface area contributed by atoms with E-state index in [9.17, 15) is 14.7 Å². The quantitative estimate of drug-likeness (QED) is 0.544. The molecule has 3 N–H and O–H groups in total. The van der Waals surface area contributed by atoms with E-state index in [-0.39, 0.29) is 22.4 Å². The second-order valence-corrected chi connectivity index (χ2v) is 12.5. The molecule has 1 aliphatic heterocycles. The number of aromatic nitrogens is 1. The molecule has 4 atom stereocenters. The summed E-state index contributed by atoms with van der Waals surface area (Å²) in [5, 5.41) is 13.4. The van der Waals surface area contributed by atoms with Crippen LogP contribution in [0.2, 0.25) is 0 Å². The number of aryl methyl sites for hydroxylation is 1. The Labute approximate surface area is 223 Å². The number of nitrogens with zero attached hydrogens (tertiary/aromatic N) is 1. The van der Waals surface area contributed by atoms with Gasteiger partial charge in [-0.05, 0) is 105 Å². The van der Waals surface area contributed by atoms with Crippen molar-refractivity contribution in [3.63, 3.8) is 0 Å². The summed E-state index contributed by atoms with van der Waals surface area (Å²) in [7, 11) is 0. The van der Waals surface area contributed by atoms with Gasteiger partial charge in [-0.1, -0.05) is 29.9 Å². The maximum Gasteiger partial charge on any atom is 0.261 e. The summed E-state index contributed by atoms with van der Waals surface area (Å²) in [6.07, 6.45) is 13.5. The number of hydrogen-bond donors (Lipinski definition) is 3. The number of pyridine rings is 1. The first kappa shape index (κ1) is 24.0. The molecular weight excluding hydrogens is 474 g/mol. The zero-order valence-electron chi connectivity index (χ0n) is 22.1. The van der Waals surface area contributed by atoms with E-state index in [0.29, 0.717) is 30.2 Å². The molecular formula is C32H37N3O3. The maximum atomic E-state index is 13.2. The molecule has 7 rings (SSSR count). The maximum absolute atomic E-state index is 13.2. The van der Waals surface area contributed by atoms with Gasteiger partial charge in [0.2, 0.25) is 0 Å². The van der Waals surface area contributed by atoms with E-state index >= 15 is 0 Å². The number of aromatic amines is 1. The molecule has 1 aromatic heterocycles. The van der Waals surface area contributed by atoms with Crippen LogP contribution in [0.25, 0.3) is 0 Å². The zero-order chi connectivity index (χ0) is 26.0. The molecule has 4 aliphatic carbocycles. The lowest BCUT2D eigenvalue weighted by molar-refractivity contribution is 0.00553. The first-order chi connectivity index (χ1) is 18.4. The molecule has 2 aromatic rings. The second-order valence-electron chi connectivity index (χ2n) is 12.5. The SMILES string of the molecule is Cc1ccc(O)cc1[C@@]12Cc3[nH]c(=O)c(C(=O)NCC4=CC=CCC4)cc3C[C@H]1[C@H]1C(CN1CC1CC1)C2. The van der Waals surface area contributed by atoms with Gasteiger partial charge in [0, 0.05) is 36.8 Å². The monoisotopic (exact) mass is 511 g/mol. The number of likely N-dealkylation sites (tertiary alicyclic amines) is 1. The number of carbonyl (C=O) groups excluding carboxylic acids is 1. The molecule has 1 unspecified atom stereocenters. The highest BCUT2D eigenvalue weighted by Crippen LogP contribution is 2.60. The number of amides is 1. The van der Waals surface area contributed by atoms with Gasteiger partial charge in [0.25, 0.3) is 11.5 Å². The first-order valence-electron chi connectivity index (χ1n) is 14.3. The van der Waals surface area contributed by atoms with Gasteiger partial charge in [-0.2, -0.15) is 0 Å². The van der Waals surface area contributed by atoms with Crippen molar-refractivity contribution in [3.8, 4) is 5.75 Å². The van der Waals surface area contributed by atoms with Crippen molar-refractivity contribution in [1.82, 2.24) is 15.2 Å².